The van der Waals surface area contributed by atoms with Gasteiger partial charge in [0.2, 0.25) is 0 Å². The van der Waals surface area contributed by atoms with E-state index in [4.69, 9.17) is 4.74 Å². The molecular formula is C19H22BrN3O3. The number of nitrogens with one attached hydrogen (secondary N) is 1. The van der Waals surface area contributed by atoms with Crippen LogP contribution in [0.15, 0.2) is 28.9 Å². The minimum Gasteiger partial charge on any atom is -0.444 e. The fourth-order valence-corrected chi connectivity index (χ4v) is 3.38. The van der Waals surface area contributed by atoms with Gasteiger partial charge in [-0.05, 0) is 45.7 Å². The number of carbonyl (C=O) groups excluding carboxylic acids is 2. The number of likely N-dealkylation sites (tertiary alicyclic amines) is 1. The van der Waals surface area contributed by atoms with E-state index in [2.05, 4.69) is 25.9 Å². The molecule has 138 valence electrons. The lowest BCUT2D eigenvalue weighted by molar-refractivity contribution is 0.0218. The summed E-state index contributed by atoms with van der Waals surface area (Å²) < 4.78 is 6.26. The Labute approximate surface area is 161 Å². The lowest BCUT2D eigenvalue weighted by atomic mass is 10.1. The van der Waals surface area contributed by atoms with E-state index in [0.29, 0.717) is 12.1 Å². The van der Waals surface area contributed by atoms with Gasteiger partial charge in [-0.1, -0.05) is 22.0 Å². The largest absolute Gasteiger partial charge is 0.444 e. The Kier molecular flexibility index (Phi) is 5.18. The van der Waals surface area contributed by atoms with Crippen molar-refractivity contribution in [2.45, 2.75) is 45.3 Å². The monoisotopic (exact) mass is 419 g/mol. The number of rotatable bonds is 3. The zero-order chi connectivity index (χ0) is 18.9. The van der Waals surface area contributed by atoms with Crippen LogP contribution in [0.5, 0.6) is 0 Å². The van der Waals surface area contributed by atoms with Gasteiger partial charge in [-0.15, -0.1) is 0 Å². The number of nitrogens with zero attached hydrogens (tertiary/aromatic N) is 2. The van der Waals surface area contributed by atoms with Gasteiger partial charge in [0.05, 0.1) is 17.9 Å². The maximum absolute atomic E-state index is 12.5. The summed E-state index contributed by atoms with van der Waals surface area (Å²) in [5.41, 5.74) is 1.73. The van der Waals surface area contributed by atoms with Crippen molar-refractivity contribution in [3.05, 3.63) is 40.3 Å². The van der Waals surface area contributed by atoms with Crippen LogP contribution in [0.1, 0.15) is 55.8 Å². The van der Waals surface area contributed by atoms with Crippen LogP contribution in [-0.2, 0) is 4.74 Å². The predicted octanol–water partition coefficient (Wildman–Crippen LogP) is 4.72. The van der Waals surface area contributed by atoms with Crippen molar-refractivity contribution in [1.82, 2.24) is 14.9 Å². The summed E-state index contributed by atoms with van der Waals surface area (Å²) in [7, 11) is 0. The van der Waals surface area contributed by atoms with Gasteiger partial charge >= 0.3 is 6.09 Å². The minimum atomic E-state index is -0.527. The number of benzene rings is 1. The van der Waals surface area contributed by atoms with E-state index < -0.39 is 5.60 Å². The van der Waals surface area contributed by atoms with E-state index in [1.165, 1.54) is 0 Å². The van der Waals surface area contributed by atoms with E-state index >= 15 is 0 Å². The molecule has 1 atom stereocenters. The third-order valence-corrected chi connectivity index (χ3v) is 4.95. The van der Waals surface area contributed by atoms with Crippen LogP contribution in [0.25, 0.3) is 11.3 Å². The molecule has 1 saturated heterocycles. The summed E-state index contributed by atoms with van der Waals surface area (Å²) in [5, 5.41) is 0. The second kappa shape index (κ2) is 7.23. The maximum atomic E-state index is 12.5. The van der Waals surface area contributed by atoms with Crippen molar-refractivity contribution in [2.75, 3.05) is 6.54 Å². The van der Waals surface area contributed by atoms with Crippen LogP contribution >= 0.6 is 15.9 Å². The summed E-state index contributed by atoms with van der Waals surface area (Å²) in [4.78, 5) is 33.1. The Morgan fingerprint density at radius 2 is 2.19 bits per heavy atom. The minimum absolute atomic E-state index is 0.125. The molecule has 0 radical (unpaired) electrons. The van der Waals surface area contributed by atoms with Gasteiger partial charge in [0.25, 0.3) is 0 Å². The first-order valence-electron chi connectivity index (χ1n) is 8.58. The van der Waals surface area contributed by atoms with Crippen LogP contribution in [0, 0.1) is 0 Å². The highest BCUT2D eigenvalue weighted by molar-refractivity contribution is 9.10. The predicted molar refractivity (Wildman–Crippen MR) is 102 cm³/mol. The van der Waals surface area contributed by atoms with E-state index in [1.807, 2.05) is 32.9 Å². The Balaban J connectivity index is 1.82. The summed E-state index contributed by atoms with van der Waals surface area (Å²) in [6, 6.07) is 5.42. The van der Waals surface area contributed by atoms with E-state index in [9.17, 15) is 9.59 Å². The number of hydrogen-bond acceptors (Lipinski definition) is 4. The highest BCUT2D eigenvalue weighted by Gasteiger charge is 2.34. The molecule has 1 aliphatic rings. The Hall–Kier alpha value is -2.15. The standard InChI is InChI=1S/C19H22BrN3O3/c1-19(2,3)26-18(25)23-8-4-5-16(23)17-21-10-15(22-17)12-6-7-14(20)13(9-12)11-24/h6-7,9-11,16H,4-5,8H2,1-3H3,(H,21,22)/t16-/m1/s1. The number of aldehydes is 1. The van der Waals surface area contributed by atoms with Crippen LogP contribution < -0.4 is 0 Å². The lowest BCUT2D eigenvalue weighted by Gasteiger charge is -2.27. The van der Waals surface area contributed by atoms with Crippen LogP contribution in [0.2, 0.25) is 0 Å². The molecular weight excluding hydrogens is 398 g/mol. The number of amides is 1. The van der Waals surface area contributed by atoms with Crippen molar-refractivity contribution < 1.29 is 14.3 Å². The van der Waals surface area contributed by atoms with Crippen molar-refractivity contribution >= 4 is 28.3 Å². The molecule has 0 unspecified atom stereocenters. The molecule has 1 aliphatic heterocycles. The van der Waals surface area contributed by atoms with Gasteiger partial charge in [0.1, 0.15) is 11.4 Å². The fraction of sp³-hybridized carbons (Fsp3) is 0.421. The molecule has 2 heterocycles. The average molecular weight is 420 g/mol. The normalized spacial score (nSPS) is 17.4. The lowest BCUT2D eigenvalue weighted by Crippen LogP contribution is -2.36. The smallest absolute Gasteiger partial charge is 0.410 e. The van der Waals surface area contributed by atoms with Gasteiger partial charge in [-0.2, -0.15) is 0 Å². The first kappa shape index (κ1) is 18.6. The molecule has 2 aromatic rings. The van der Waals surface area contributed by atoms with Crippen LogP contribution in [0.3, 0.4) is 0 Å². The molecule has 1 aromatic carbocycles. The Bertz CT molecular complexity index is 826. The first-order chi connectivity index (χ1) is 12.3. The Morgan fingerprint density at radius 3 is 2.88 bits per heavy atom. The van der Waals surface area contributed by atoms with Crippen molar-refractivity contribution in [2.24, 2.45) is 0 Å². The molecule has 3 rings (SSSR count). The molecule has 1 aromatic heterocycles. The molecule has 1 fully saturated rings. The van der Waals surface area contributed by atoms with Gasteiger partial charge in [0.15, 0.2) is 6.29 Å². The third kappa shape index (κ3) is 3.98. The second-order valence-corrected chi connectivity index (χ2v) is 8.22. The van der Waals surface area contributed by atoms with E-state index in [0.717, 1.165) is 40.7 Å². The number of ether oxygens (including phenoxy) is 1. The second-order valence-electron chi connectivity index (χ2n) is 7.37. The molecule has 26 heavy (non-hydrogen) atoms. The van der Waals surface area contributed by atoms with Crippen LogP contribution in [-0.4, -0.2) is 39.4 Å². The van der Waals surface area contributed by atoms with Crippen molar-refractivity contribution in [3.8, 4) is 11.3 Å². The molecule has 1 N–H and O–H groups in total. The highest BCUT2D eigenvalue weighted by Crippen LogP contribution is 2.33. The molecule has 7 heteroatoms. The molecule has 0 bridgehead atoms. The number of halogens is 1. The average Bonchev–Trinajstić information content (AvgIpc) is 3.22. The SMILES string of the molecule is CC(C)(C)OC(=O)N1CCC[C@@H]1c1ncc(-c2ccc(Br)c(C=O)c2)[nH]1. The van der Waals surface area contributed by atoms with Crippen molar-refractivity contribution in [1.29, 1.82) is 0 Å². The van der Waals surface area contributed by atoms with Crippen LogP contribution in [0.4, 0.5) is 4.79 Å². The zero-order valence-corrected chi connectivity index (χ0v) is 16.7. The van der Waals surface area contributed by atoms with Crippen molar-refractivity contribution in [3.63, 3.8) is 0 Å². The number of imidazole rings is 1. The summed E-state index contributed by atoms with van der Waals surface area (Å²) in [5.74, 6) is 0.735. The number of carbonyl (C=O) groups is 2. The Morgan fingerprint density at radius 1 is 1.42 bits per heavy atom. The van der Waals surface area contributed by atoms with Gasteiger partial charge in [0, 0.05) is 22.1 Å². The van der Waals surface area contributed by atoms with E-state index in [-0.39, 0.29) is 12.1 Å². The summed E-state index contributed by atoms with van der Waals surface area (Å²) >= 11 is 3.35. The maximum Gasteiger partial charge on any atom is 0.410 e. The fourth-order valence-electron chi connectivity index (χ4n) is 3.04. The molecule has 0 spiro atoms. The molecule has 6 nitrogen and oxygen atoms in total. The number of aromatic nitrogens is 2. The molecule has 0 saturated carbocycles. The number of H-pyrrole nitrogens is 1. The zero-order valence-electron chi connectivity index (χ0n) is 15.1. The quantitative estimate of drug-likeness (QED) is 0.729. The highest BCUT2D eigenvalue weighted by atomic mass is 79.9. The first-order valence-corrected chi connectivity index (χ1v) is 9.37. The number of aromatic amines is 1. The van der Waals surface area contributed by atoms with E-state index in [1.54, 1.807) is 17.2 Å². The summed E-state index contributed by atoms with van der Waals surface area (Å²) in [6.07, 6.45) is 3.98. The molecule has 1 amide bonds. The topological polar surface area (TPSA) is 75.3 Å². The number of hydrogen-bond donors (Lipinski definition) is 1. The van der Waals surface area contributed by atoms with Gasteiger partial charge in [-0.3, -0.25) is 9.69 Å². The molecule has 0 aliphatic carbocycles. The third-order valence-electron chi connectivity index (χ3n) is 4.23. The van der Waals surface area contributed by atoms with Gasteiger partial charge < -0.3 is 9.72 Å². The summed E-state index contributed by atoms with van der Waals surface area (Å²) in [6.45, 7) is 6.24. The van der Waals surface area contributed by atoms with Gasteiger partial charge in [-0.25, -0.2) is 9.78 Å².